The highest BCUT2D eigenvalue weighted by atomic mass is 16.6. The molecule has 0 radical (unpaired) electrons. The number of aromatic nitrogens is 2. The Hall–Kier alpha value is -2.95. The van der Waals surface area contributed by atoms with E-state index in [1.165, 1.54) is 6.20 Å². The van der Waals surface area contributed by atoms with Crippen LogP contribution in [0, 0.1) is 29.6 Å². The number of hydrogen-bond acceptors (Lipinski definition) is 6. The van der Waals surface area contributed by atoms with Gasteiger partial charge in [0.05, 0.1) is 24.9 Å². The Kier molecular flexibility index (Phi) is 6.16. The van der Waals surface area contributed by atoms with Gasteiger partial charge in [-0.1, -0.05) is 31.0 Å². The molecule has 0 saturated heterocycles. The van der Waals surface area contributed by atoms with Crippen LogP contribution in [0.3, 0.4) is 0 Å². The molecule has 1 saturated carbocycles. The first kappa shape index (κ1) is 20.4. The first-order chi connectivity index (χ1) is 12.7. The van der Waals surface area contributed by atoms with Crippen LogP contribution >= 0.6 is 0 Å². The molecule has 2 atom stereocenters. The summed E-state index contributed by atoms with van der Waals surface area (Å²) in [7, 11) is 0. The predicted molar refractivity (Wildman–Crippen MR) is 99.9 cm³/mol. The van der Waals surface area contributed by atoms with Crippen molar-refractivity contribution in [3.63, 3.8) is 0 Å². The average molecular weight is 375 g/mol. The number of terminal acetylenes is 1. The van der Waals surface area contributed by atoms with Gasteiger partial charge < -0.3 is 14.7 Å². The summed E-state index contributed by atoms with van der Waals surface area (Å²) in [5.74, 6) is 1.24. The van der Waals surface area contributed by atoms with Crippen molar-refractivity contribution in [2.24, 2.45) is 22.4 Å². The standard InChI is InChI=1S/C19H25N3O5/c1-6-8-21-11-15(23)22(18(21)25)12-26-17(24)16-14(19(16,4)5)9-13(3)10-20-27-7-2/h1,9-11,14,16,23H,7-8,12H2,2-5H3/t14-,16+/m1/s1. The molecule has 0 aromatic carbocycles. The highest BCUT2D eigenvalue weighted by Gasteiger charge is 2.61. The van der Waals surface area contributed by atoms with Crippen LogP contribution in [0.4, 0.5) is 0 Å². The van der Waals surface area contributed by atoms with Gasteiger partial charge >= 0.3 is 11.7 Å². The summed E-state index contributed by atoms with van der Waals surface area (Å²) in [6.45, 7) is 7.82. The van der Waals surface area contributed by atoms with Crippen molar-refractivity contribution in [1.29, 1.82) is 0 Å². The first-order valence-corrected chi connectivity index (χ1v) is 8.66. The van der Waals surface area contributed by atoms with Crippen LogP contribution in [-0.4, -0.2) is 33.0 Å². The number of rotatable bonds is 8. The second-order valence-corrected chi connectivity index (χ2v) is 7.01. The van der Waals surface area contributed by atoms with Crippen LogP contribution in [0.1, 0.15) is 27.7 Å². The van der Waals surface area contributed by atoms with Gasteiger partial charge in [-0.25, -0.2) is 9.36 Å². The number of imidazole rings is 1. The number of carbonyl (C=O) groups excluding carboxylic acids is 1. The second kappa shape index (κ2) is 8.16. The lowest BCUT2D eigenvalue weighted by atomic mass is 10.1. The van der Waals surface area contributed by atoms with E-state index in [9.17, 15) is 14.7 Å². The molecule has 2 rings (SSSR count). The Morgan fingerprint density at radius 1 is 1.52 bits per heavy atom. The minimum atomic E-state index is -0.535. The summed E-state index contributed by atoms with van der Waals surface area (Å²) in [5.41, 5.74) is 0.0880. The third kappa shape index (κ3) is 4.42. The van der Waals surface area contributed by atoms with Gasteiger partial charge in [-0.05, 0) is 30.8 Å². The van der Waals surface area contributed by atoms with E-state index < -0.39 is 11.7 Å². The van der Waals surface area contributed by atoms with E-state index in [1.807, 2.05) is 33.8 Å². The topological polar surface area (TPSA) is 95.1 Å². The molecule has 1 aliphatic rings. The van der Waals surface area contributed by atoms with Gasteiger partial charge in [0.1, 0.15) is 6.61 Å². The fourth-order valence-corrected chi connectivity index (χ4v) is 3.03. The summed E-state index contributed by atoms with van der Waals surface area (Å²) in [6.07, 6.45) is 9.95. The molecule has 1 fully saturated rings. The first-order valence-electron chi connectivity index (χ1n) is 8.66. The van der Waals surface area contributed by atoms with Crippen molar-refractivity contribution in [3.8, 4) is 18.2 Å². The number of allylic oxidation sites excluding steroid dienone is 2. The molecular weight excluding hydrogens is 350 g/mol. The molecule has 0 bridgehead atoms. The number of carbonyl (C=O) groups is 1. The Labute approximate surface area is 158 Å². The van der Waals surface area contributed by atoms with Crippen molar-refractivity contribution >= 4 is 12.2 Å². The Balaban J connectivity index is 2.02. The van der Waals surface area contributed by atoms with E-state index in [2.05, 4.69) is 11.1 Å². The van der Waals surface area contributed by atoms with Crippen LogP contribution in [0.25, 0.3) is 0 Å². The van der Waals surface area contributed by atoms with Gasteiger partial charge in [0.15, 0.2) is 6.73 Å². The summed E-state index contributed by atoms with van der Waals surface area (Å²) in [6, 6.07) is 0. The van der Waals surface area contributed by atoms with E-state index in [0.717, 1.165) is 14.7 Å². The van der Waals surface area contributed by atoms with Crippen molar-refractivity contribution in [3.05, 3.63) is 28.3 Å². The van der Waals surface area contributed by atoms with Crippen molar-refractivity contribution < 1.29 is 19.5 Å². The fourth-order valence-electron chi connectivity index (χ4n) is 3.03. The molecule has 27 heavy (non-hydrogen) atoms. The zero-order valence-corrected chi connectivity index (χ0v) is 16.0. The maximum absolute atomic E-state index is 12.5. The summed E-state index contributed by atoms with van der Waals surface area (Å²) < 4.78 is 7.38. The van der Waals surface area contributed by atoms with Gasteiger partial charge in [0.2, 0.25) is 5.88 Å². The number of esters is 1. The largest absolute Gasteiger partial charge is 0.493 e. The Bertz CT molecular complexity index is 854. The molecule has 146 valence electrons. The molecule has 1 aromatic rings. The van der Waals surface area contributed by atoms with Gasteiger partial charge in [0.25, 0.3) is 0 Å². The maximum Gasteiger partial charge on any atom is 0.334 e. The van der Waals surface area contributed by atoms with Crippen molar-refractivity contribution in [1.82, 2.24) is 9.13 Å². The normalized spacial score (nSPS) is 21.1. The summed E-state index contributed by atoms with van der Waals surface area (Å²) in [5, 5.41) is 13.6. The van der Waals surface area contributed by atoms with Crippen LogP contribution in [0.2, 0.25) is 0 Å². The highest BCUT2D eigenvalue weighted by Crippen LogP contribution is 2.59. The third-order valence-electron chi connectivity index (χ3n) is 4.69. The van der Waals surface area contributed by atoms with Gasteiger partial charge in [-0.2, -0.15) is 0 Å². The van der Waals surface area contributed by atoms with Gasteiger partial charge in [-0.15, -0.1) is 6.42 Å². The molecule has 0 amide bonds. The Morgan fingerprint density at radius 3 is 2.85 bits per heavy atom. The maximum atomic E-state index is 12.5. The molecule has 1 aromatic heterocycles. The third-order valence-corrected chi connectivity index (χ3v) is 4.69. The van der Waals surface area contributed by atoms with E-state index in [4.69, 9.17) is 16.0 Å². The number of aromatic hydroxyl groups is 1. The summed E-state index contributed by atoms with van der Waals surface area (Å²) >= 11 is 0. The van der Waals surface area contributed by atoms with Gasteiger partial charge in [0, 0.05) is 0 Å². The smallest absolute Gasteiger partial charge is 0.334 e. The number of oxime groups is 1. The van der Waals surface area contributed by atoms with Crippen LogP contribution in [0.5, 0.6) is 5.88 Å². The van der Waals surface area contributed by atoms with E-state index in [-0.39, 0.29) is 36.4 Å². The van der Waals surface area contributed by atoms with Gasteiger partial charge in [-0.3, -0.25) is 9.36 Å². The molecule has 0 spiro atoms. The molecule has 8 heteroatoms. The van der Waals surface area contributed by atoms with Crippen molar-refractivity contribution in [2.45, 2.75) is 41.0 Å². The highest BCUT2D eigenvalue weighted by molar-refractivity contribution is 5.81. The fraction of sp³-hybridized carbons (Fsp3) is 0.526. The summed E-state index contributed by atoms with van der Waals surface area (Å²) in [4.78, 5) is 29.5. The van der Waals surface area contributed by atoms with Crippen LogP contribution < -0.4 is 5.69 Å². The SMILES string of the molecule is C#CCn1cc(O)n(COC(=O)[C@@H]2[C@@H](C=C(C)C=NOCC)C2(C)C)c1=O. The molecule has 1 heterocycles. The monoisotopic (exact) mass is 375 g/mol. The number of hydrogen-bond donors (Lipinski definition) is 1. The van der Waals surface area contributed by atoms with Crippen LogP contribution in [-0.2, 0) is 27.6 Å². The van der Waals surface area contributed by atoms with Crippen LogP contribution in [0.15, 0.2) is 27.8 Å². The lowest BCUT2D eigenvalue weighted by molar-refractivity contribution is -0.150. The second-order valence-electron chi connectivity index (χ2n) is 7.01. The lowest BCUT2D eigenvalue weighted by Gasteiger charge is -2.06. The van der Waals surface area contributed by atoms with E-state index in [0.29, 0.717) is 6.61 Å². The molecule has 0 unspecified atom stereocenters. The zero-order chi connectivity index (χ0) is 20.2. The molecule has 1 aliphatic carbocycles. The Morgan fingerprint density at radius 2 is 2.22 bits per heavy atom. The lowest BCUT2D eigenvalue weighted by Crippen LogP contribution is -2.26. The van der Waals surface area contributed by atoms with E-state index >= 15 is 0 Å². The predicted octanol–water partition coefficient (Wildman–Crippen LogP) is 1.73. The quantitative estimate of drug-likeness (QED) is 0.323. The minimum absolute atomic E-state index is 0.00515. The molecule has 8 nitrogen and oxygen atoms in total. The zero-order valence-electron chi connectivity index (χ0n) is 16.0. The van der Waals surface area contributed by atoms with E-state index in [1.54, 1.807) is 6.21 Å². The molecular formula is C19H25N3O5. The number of nitrogens with zero attached hydrogens (tertiary/aromatic N) is 3. The van der Waals surface area contributed by atoms with Crippen molar-refractivity contribution in [2.75, 3.05) is 6.61 Å². The number of ether oxygens (including phenoxy) is 1. The molecule has 1 N–H and O–H groups in total. The minimum Gasteiger partial charge on any atom is -0.493 e. The average Bonchev–Trinajstić information content (AvgIpc) is 3.02. The molecule has 0 aliphatic heterocycles.